The Morgan fingerprint density at radius 3 is 1.85 bits per heavy atom. The van der Waals surface area contributed by atoms with Gasteiger partial charge in [-0.25, -0.2) is 0 Å². The molecule has 72 valence electrons. The number of hydrogen-bond donors (Lipinski definition) is 0. The quantitative estimate of drug-likeness (QED) is 0.588. The van der Waals surface area contributed by atoms with E-state index in [9.17, 15) is 0 Å². The molecule has 0 bridgehead atoms. The van der Waals surface area contributed by atoms with Crippen LogP contribution >= 0.6 is 11.6 Å². The standard InChI is InChI=1S/C12H17Cl/c1-9(13)10-5-7-11(8-6-10)12(2,3)4/h5-9H,1-4H3/t9-/m1/s1. The maximum absolute atomic E-state index is 5.97. The predicted octanol–water partition coefficient (Wildman–Crippen LogP) is 4.28. The first-order valence-electron chi connectivity index (χ1n) is 4.66. The van der Waals surface area contributed by atoms with E-state index in [0.29, 0.717) is 0 Å². The summed E-state index contributed by atoms with van der Waals surface area (Å²) < 4.78 is 0. The van der Waals surface area contributed by atoms with Gasteiger partial charge in [-0.1, -0.05) is 45.0 Å². The highest BCUT2D eigenvalue weighted by molar-refractivity contribution is 6.20. The van der Waals surface area contributed by atoms with Crippen molar-refractivity contribution in [2.75, 3.05) is 0 Å². The fraction of sp³-hybridized carbons (Fsp3) is 0.500. The van der Waals surface area contributed by atoms with Crippen molar-refractivity contribution in [2.24, 2.45) is 0 Å². The van der Waals surface area contributed by atoms with Gasteiger partial charge in [-0.15, -0.1) is 11.6 Å². The molecule has 1 aromatic rings. The van der Waals surface area contributed by atoms with Gasteiger partial charge in [0.1, 0.15) is 0 Å². The molecule has 0 aromatic heterocycles. The van der Waals surface area contributed by atoms with Gasteiger partial charge >= 0.3 is 0 Å². The normalized spacial score (nSPS) is 14.2. The molecule has 1 aromatic carbocycles. The van der Waals surface area contributed by atoms with Crippen molar-refractivity contribution in [1.82, 2.24) is 0 Å². The van der Waals surface area contributed by atoms with Crippen LogP contribution < -0.4 is 0 Å². The Balaban J connectivity index is 2.94. The van der Waals surface area contributed by atoms with Crippen LogP contribution in [0.4, 0.5) is 0 Å². The summed E-state index contributed by atoms with van der Waals surface area (Å²) >= 11 is 5.97. The van der Waals surface area contributed by atoms with Gasteiger partial charge in [0.25, 0.3) is 0 Å². The lowest BCUT2D eigenvalue weighted by atomic mass is 9.86. The second-order valence-corrected chi connectivity index (χ2v) is 5.14. The molecule has 0 radical (unpaired) electrons. The van der Waals surface area contributed by atoms with E-state index >= 15 is 0 Å². The fourth-order valence-corrected chi connectivity index (χ4v) is 1.39. The largest absolute Gasteiger partial charge is 0.118 e. The molecule has 1 heteroatoms. The highest BCUT2D eigenvalue weighted by Gasteiger charge is 2.13. The van der Waals surface area contributed by atoms with Crippen molar-refractivity contribution in [1.29, 1.82) is 0 Å². The Labute approximate surface area is 85.9 Å². The van der Waals surface area contributed by atoms with Gasteiger partial charge in [0.05, 0.1) is 5.38 Å². The first-order chi connectivity index (χ1) is 5.91. The molecule has 0 fully saturated rings. The summed E-state index contributed by atoms with van der Waals surface area (Å²) in [6.45, 7) is 8.64. The van der Waals surface area contributed by atoms with Gasteiger partial charge in [-0.3, -0.25) is 0 Å². The highest BCUT2D eigenvalue weighted by atomic mass is 35.5. The molecule has 0 aliphatic carbocycles. The minimum Gasteiger partial charge on any atom is -0.118 e. The Bertz CT molecular complexity index is 264. The second-order valence-electron chi connectivity index (χ2n) is 4.49. The predicted molar refractivity (Wildman–Crippen MR) is 59.4 cm³/mol. The third kappa shape index (κ3) is 2.73. The lowest BCUT2D eigenvalue weighted by Gasteiger charge is -2.19. The maximum atomic E-state index is 5.97. The van der Waals surface area contributed by atoms with Crippen LogP contribution in [0.5, 0.6) is 0 Å². The van der Waals surface area contributed by atoms with Gasteiger partial charge < -0.3 is 0 Å². The summed E-state index contributed by atoms with van der Waals surface area (Å²) in [6.07, 6.45) is 0. The molecule has 0 aliphatic heterocycles. The molecule has 1 atom stereocenters. The molecule has 0 N–H and O–H groups in total. The second kappa shape index (κ2) is 3.71. The Kier molecular flexibility index (Phi) is 3.02. The molecule has 0 spiro atoms. The van der Waals surface area contributed by atoms with E-state index in [-0.39, 0.29) is 10.8 Å². The number of halogens is 1. The van der Waals surface area contributed by atoms with Crippen molar-refractivity contribution in [3.63, 3.8) is 0 Å². The van der Waals surface area contributed by atoms with Crippen LogP contribution in [-0.4, -0.2) is 0 Å². The Hall–Kier alpha value is -0.490. The molecule has 0 nitrogen and oxygen atoms in total. The Morgan fingerprint density at radius 1 is 1.08 bits per heavy atom. The molecule has 0 saturated heterocycles. The van der Waals surface area contributed by atoms with Crippen molar-refractivity contribution in [3.05, 3.63) is 35.4 Å². The average Bonchev–Trinajstić information content (AvgIpc) is 2.03. The first-order valence-corrected chi connectivity index (χ1v) is 5.09. The molecule has 0 aliphatic rings. The fourth-order valence-electron chi connectivity index (χ4n) is 1.25. The summed E-state index contributed by atoms with van der Waals surface area (Å²) in [5, 5.41) is 0.106. The zero-order valence-corrected chi connectivity index (χ0v) is 9.52. The molecule has 0 saturated carbocycles. The van der Waals surface area contributed by atoms with Crippen LogP contribution in [-0.2, 0) is 5.41 Å². The number of rotatable bonds is 1. The Morgan fingerprint density at radius 2 is 1.54 bits per heavy atom. The van der Waals surface area contributed by atoms with Gasteiger partial charge in [0.15, 0.2) is 0 Å². The van der Waals surface area contributed by atoms with Crippen LogP contribution in [0, 0.1) is 0 Å². The number of hydrogen-bond acceptors (Lipinski definition) is 0. The minimum atomic E-state index is 0.106. The van der Waals surface area contributed by atoms with Crippen LogP contribution in [0.2, 0.25) is 0 Å². The van der Waals surface area contributed by atoms with E-state index < -0.39 is 0 Å². The molecular weight excluding hydrogens is 180 g/mol. The van der Waals surface area contributed by atoms with E-state index in [1.165, 1.54) is 11.1 Å². The van der Waals surface area contributed by atoms with Crippen molar-refractivity contribution in [3.8, 4) is 0 Å². The summed E-state index contributed by atoms with van der Waals surface area (Å²) in [5.74, 6) is 0. The van der Waals surface area contributed by atoms with Gasteiger partial charge in [-0.05, 0) is 23.5 Å². The van der Waals surface area contributed by atoms with Gasteiger partial charge in [-0.2, -0.15) is 0 Å². The first kappa shape index (κ1) is 10.6. The van der Waals surface area contributed by atoms with Crippen LogP contribution in [0.3, 0.4) is 0 Å². The van der Waals surface area contributed by atoms with Crippen LogP contribution in [0.25, 0.3) is 0 Å². The SMILES string of the molecule is C[C@@H](Cl)c1ccc(C(C)(C)C)cc1. The number of alkyl halides is 1. The molecule has 0 heterocycles. The smallest absolute Gasteiger partial charge is 0.0557 e. The van der Waals surface area contributed by atoms with Crippen molar-refractivity contribution < 1.29 is 0 Å². The topological polar surface area (TPSA) is 0 Å². The minimum absolute atomic E-state index is 0.106. The van der Waals surface area contributed by atoms with E-state index in [1.807, 2.05) is 6.92 Å². The summed E-state index contributed by atoms with van der Waals surface area (Å²) in [5.41, 5.74) is 2.77. The molecule has 0 amide bonds. The monoisotopic (exact) mass is 196 g/mol. The number of benzene rings is 1. The van der Waals surface area contributed by atoms with E-state index in [0.717, 1.165) is 0 Å². The zero-order valence-electron chi connectivity index (χ0n) is 8.76. The summed E-state index contributed by atoms with van der Waals surface area (Å²) in [7, 11) is 0. The van der Waals surface area contributed by atoms with Crippen molar-refractivity contribution >= 4 is 11.6 Å². The lowest BCUT2D eigenvalue weighted by molar-refractivity contribution is 0.590. The molecule has 13 heavy (non-hydrogen) atoms. The molecular formula is C12H17Cl. The highest BCUT2D eigenvalue weighted by Crippen LogP contribution is 2.25. The third-order valence-electron chi connectivity index (χ3n) is 2.24. The van der Waals surface area contributed by atoms with E-state index in [2.05, 4.69) is 45.0 Å². The third-order valence-corrected chi connectivity index (χ3v) is 2.49. The molecule has 0 unspecified atom stereocenters. The molecule has 1 rings (SSSR count). The van der Waals surface area contributed by atoms with E-state index in [4.69, 9.17) is 11.6 Å². The van der Waals surface area contributed by atoms with Crippen LogP contribution in [0.15, 0.2) is 24.3 Å². The van der Waals surface area contributed by atoms with Crippen molar-refractivity contribution in [2.45, 2.75) is 38.5 Å². The maximum Gasteiger partial charge on any atom is 0.0557 e. The lowest BCUT2D eigenvalue weighted by Crippen LogP contribution is -2.10. The van der Waals surface area contributed by atoms with Gasteiger partial charge in [0, 0.05) is 0 Å². The zero-order chi connectivity index (χ0) is 10.1. The van der Waals surface area contributed by atoms with Gasteiger partial charge in [0.2, 0.25) is 0 Å². The van der Waals surface area contributed by atoms with Crippen LogP contribution in [0.1, 0.15) is 44.2 Å². The summed E-state index contributed by atoms with van der Waals surface area (Å²) in [6, 6.07) is 8.54. The summed E-state index contributed by atoms with van der Waals surface area (Å²) in [4.78, 5) is 0. The average molecular weight is 197 g/mol. The van der Waals surface area contributed by atoms with E-state index in [1.54, 1.807) is 0 Å².